The molecular weight excluding hydrogens is 414 g/mol. The Kier molecular flexibility index (Phi) is 6.38. The molecule has 0 bridgehead atoms. The Morgan fingerprint density at radius 2 is 1.25 bits per heavy atom. The molecule has 0 radical (unpaired) electrons. The molecule has 0 aromatic heterocycles. The zero-order valence-electron chi connectivity index (χ0n) is 12.9. The van der Waals surface area contributed by atoms with Crippen LogP contribution in [0.5, 0.6) is 0 Å². The summed E-state index contributed by atoms with van der Waals surface area (Å²) in [4.78, 5) is 0. The third kappa shape index (κ3) is 3.86. The van der Waals surface area contributed by atoms with Crippen LogP contribution >= 0.6 is 17.0 Å². The molecule has 0 amide bonds. The minimum absolute atomic E-state index is 0.826. The second kappa shape index (κ2) is 8.72. The van der Waals surface area contributed by atoms with Crippen molar-refractivity contribution < 1.29 is 20.8 Å². The topological polar surface area (TPSA) is 0 Å². The Morgan fingerprint density at radius 3 is 1.88 bits per heavy atom. The molecule has 4 aromatic rings. The van der Waals surface area contributed by atoms with Gasteiger partial charge in [0.05, 0.1) is 0 Å². The van der Waals surface area contributed by atoms with Gasteiger partial charge < -0.3 is 0 Å². The molecule has 0 N–H and O–H groups in total. The number of benzene rings is 3. The fraction of sp³-hybridized carbons (Fsp3) is 0. The number of hydrogen-bond donors (Lipinski definition) is 0. The summed E-state index contributed by atoms with van der Waals surface area (Å²) in [6, 6.07) is 32.2. The van der Waals surface area contributed by atoms with Gasteiger partial charge in [-0.05, 0) is 16.7 Å². The van der Waals surface area contributed by atoms with Crippen LogP contribution in [0.1, 0.15) is 0 Å². The molecule has 3 heteroatoms. The Morgan fingerprint density at radius 1 is 0.667 bits per heavy atom. The van der Waals surface area contributed by atoms with Crippen LogP contribution in [0.25, 0.3) is 33.0 Å². The van der Waals surface area contributed by atoms with Crippen molar-refractivity contribution in [3.05, 3.63) is 91.0 Å². The van der Waals surface area contributed by atoms with Gasteiger partial charge in [0.2, 0.25) is 0 Å². The van der Waals surface area contributed by atoms with Crippen molar-refractivity contribution in [1.29, 1.82) is 0 Å². The Balaban J connectivity index is 0.000000526. The molecule has 0 heterocycles. The molecule has 0 saturated carbocycles. The third-order valence-electron chi connectivity index (χ3n) is 3.97. The quantitative estimate of drug-likeness (QED) is 0.294. The summed E-state index contributed by atoms with van der Waals surface area (Å²) in [5.41, 5.74) is 5.15. The van der Waals surface area contributed by atoms with Crippen LogP contribution in [0.2, 0.25) is 0 Å². The summed E-state index contributed by atoms with van der Waals surface area (Å²) < 4.78 is 0. The van der Waals surface area contributed by atoms with Gasteiger partial charge in [-0.2, -0.15) is 12.1 Å². The average Bonchev–Trinajstić information content (AvgIpc) is 3.12. The zero-order chi connectivity index (χ0) is 16.8. The molecule has 0 unspecified atom stereocenters. The summed E-state index contributed by atoms with van der Waals surface area (Å²) >= 11 is -0.826. The molecule has 0 aliphatic heterocycles. The fourth-order valence-corrected chi connectivity index (χ4v) is 2.98. The van der Waals surface area contributed by atoms with Crippen molar-refractivity contribution in [2.24, 2.45) is 0 Å². The van der Waals surface area contributed by atoms with E-state index in [1.54, 1.807) is 0 Å². The van der Waals surface area contributed by atoms with Gasteiger partial charge in [-0.25, -0.2) is 0 Å². The van der Waals surface area contributed by atoms with E-state index in [4.69, 9.17) is 17.0 Å². The van der Waals surface area contributed by atoms with E-state index in [9.17, 15) is 0 Å². The van der Waals surface area contributed by atoms with Crippen LogP contribution in [0, 0.1) is 0 Å². The van der Waals surface area contributed by atoms with Gasteiger partial charge in [0.25, 0.3) is 0 Å². The van der Waals surface area contributed by atoms with E-state index in [1.807, 2.05) is 0 Å². The molecule has 118 valence electrons. The minimum Gasteiger partial charge on any atom is -0.168 e. The van der Waals surface area contributed by atoms with Gasteiger partial charge in [0.15, 0.2) is 0 Å². The van der Waals surface area contributed by atoms with E-state index >= 15 is 0 Å². The van der Waals surface area contributed by atoms with Gasteiger partial charge in [0, 0.05) is 0 Å². The summed E-state index contributed by atoms with van der Waals surface area (Å²) in [6.07, 6.45) is 0. The first kappa shape index (κ1) is 17.6. The van der Waals surface area contributed by atoms with E-state index in [0.717, 1.165) is 0 Å². The summed E-state index contributed by atoms with van der Waals surface area (Å²) in [7, 11) is 9.87. The maximum Gasteiger partial charge on any atom is -0.0194 e. The van der Waals surface area contributed by atoms with Gasteiger partial charge in [-0.3, -0.25) is 0 Å². The van der Waals surface area contributed by atoms with Crippen LogP contribution < -0.4 is 0 Å². The van der Waals surface area contributed by atoms with Crippen molar-refractivity contribution in [3.63, 3.8) is 0 Å². The monoisotopic (exact) mass is 427 g/mol. The number of halogens is 2. The Bertz CT molecular complexity index is 899. The van der Waals surface area contributed by atoms with Gasteiger partial charge in [-0.1, -0.05) is 72.3 Å². The predicted octanol–water partition coefficient (Wildman–Crippen LogP) is 7.27. The Hall–Kier alpha value is -1.27. The predicted molar refractivity (Wildman–Crippen MR) is 102 cm³/mol. The average molecular weight is 429 g/mol. The minimum atomic E-state index is -0.826. The van der Waals surface area contributed by atoms with E-state index in [2.05, 4.69) is 91.0 Å². The second-order valence-electron chi connectivity index (χ2n) is 5.32. The van der Waals surface area contributed by atoms with E-state index in [1.165, 1.54) is 33.0 Å². The standard InChI is InChI=1S/C21H15.2ClH.Zr/c1-3-8-16(9-4-1)20-15-14-17-12-7-13-19(17)21(20)18-10-5-2-6-11-18;;;/h1-15H;2*1H;/q-1;;;+2/p-2. The summed E-state index contributed by atoms with van der Waals surface area (Å²) in [5, 5.41) is 2.62. The fourth-order valence-electron chi connectivity index (χ4n) is 2.98. The van der Waals surface area contributed by atoms with E-state index in [0.29, 0.717) is 0 Å². The molecule has 4 rings (SSSR count). The molecular formula is C21H15Cl2Zr-. The first-order chi connectivity index (χ1) is 11.8. The molecule has 4 aromatic carbocycles. The van der Waals surface area contributed by atoms with Crippen LogP contribution in [-0.4, -0.2) is 0 Å². The number of hydrogen-bond acceptors (Lipinski definition) is 0. The van der Waals surface area contributed by atoms with Crippen LogP contribution in [0.4, 0.5) is 0 Å². The maximum absolute atomic E-state index is 4.93. The SMILES string of the molecule is [Cl][Zr][Cl].c1ccc(-c2ccc3[cH-]ccc3c2-c2ccccc2)cc1. The van der Waals surface area contributed by atoms with Gasteiger partial charge in [-0.15, -0.1) is 22.9 Å². The van der Waals surface area contributed by atoms with Gasteiger partial charge >= 0.3 is 37.9 Å². The second-order valence-corrected chi connectivity index (χ2v) is 9.05. The van der Waals surface area contributed by atoms with Crippen molar-refractivity contribution in [2.45, 2.75) is 0 Å². The van der Waals surface area contributed by atoms with Crippen LogP contribution in [-0.2, 0) is 20.8 Å². The number of rotatable bonds is 2. The van der Waals surface area contributed by atoms with Crippen LogP contribution in [0.15, 0.2) is 91.0 Å². The van der Waals surface area contributed by atoms with Crippen molar-refractivity contribution >= 4 is 27.8 Å². The maximum atomic E-state index is 4.93. The summed E-state index contributed by atoms with van der Waals surface area (Å²) in [6.45, 7) is 0. The normalized spacial score (nSPS) is 10.1. The molecule has 0 saturated heterocycles. The third-order valence-corrected chi connectivity index (χ3v) is 3.97. The van der Waals surface area contributed by atoms with E-state index < -0.39 is 20.8 Å². The van der Waals surface area contributed by atoms with Crippen molar-refractivity contribution in [3.8, 4) is 22.3 Å². The van der Waals surface area contributed by atoms with Crippen LogP contribution in [0.3, 0.4) is 0 Å². The first-order valence-corrected chi connectivity index (χ1v) is 13.9. The Labute approximate surface area is 161 Å². The zero-order valence-corrected chi connectivity index (χ0v) is 16.9. The number of fused-ring (bicyclic) bond motifs is 1. The molecule has 0 atom stereocenters. The van der Waals surface area contributed by atoms with Crippen molar-refractivity contribution in [1.82, 2.24) is 0 Å². The molecule has 0 fully saturated rings. The smallest absolute Gasteiger partial charge is 0.0194 e. The molecule has 0 nitrogen and oxygen atoms in total. The molecule has 0 aliphatic carbocycles. The summed E-state index contributed by atoms with van der Waals surface area (Å²) in [5.74, 6) is 0. The molecule has 0 spiro atoms. The van der Waals surface area contributed by atoms with Gasteiger partial charge in [0.1, 0.15) is 0 Å². The van der Waals surface area contributed by atoms with E-state index in [-0.39, 0.29) is 0 Å². The first-order valence-electron chi connectivity index (χ1n) is 7.60. The molecule has 24 heavy (non-hydrogen) atoms. The molecule has 0 aliphatic rings. The largest absolute Gasteiger partial charge is 0.168 e. The van der Waals surface area contributed by atoms with Crippen molar-refractivity contribution in [2.75, 3.05) is 0 Å².